The van der Waals surface area contributed by atoms with Crippen LogP contribution >= 0.6 is 11.3 Å². The molecule has 2 fully saturated rings. The van der Waals surface area contributed by atoms with Crippen LogP contribution < -0.4 is 4.90 Å². The zero-order valence-electron chi connectivity index (χ0n) is 15.0. The number of fused-ring (bicyclic) bond motifs is 1. The molecule has 0 atom stereocenters. The van der Waals surface area contributed by atoms with Gasteiger partial charge in [0, 0.05) is 31.5 Å². The Balaban J connectivity index is 1.36. The van der Waals surface area contributed by atoms with Crippen LogP contribution in [0.4, 0.5) is 5.82 Å². The highest BCUT2D eigenvalue weighted by atomic mass is 32.1. The zero-order valence-corrected chi connectivity index (χ0v) is 15.9. The van der Waals surface area contributed by atoms with Crippen LogP contribution in [-0.2, 0) is 0 Å². The van der Waals surface area contributed by atoms with Crippen molar-refractivity contribution in [2.75, 3.05) is 31.1 Å². The summed E-state index contributed by atoms with van der Waals surface area (Å²) >= 11 is 1.73. The summed E-state index contributed by atoms with van der Waals surface area (Å²) < 4.78 is 1.98. The van der Waals surface area contributed by atoms with Crippen molar-refractivity contribution < 1.29 is 0 Å². The van der Waals surface area contributed by atoms with Gasteiger partial charge in [-0.3, -0.25) is 0 Å². The third kappa shape index (κ3) is 3.01. The van der Waals surface area contributed by atoms with Crippen molar-refractivity contribution in [3.05, 3.63) is 36.0 Å². The minimum atomic E-state index is 0.762. The van der Waals surface area contributed by atoms with Crippen LogP contribution in [0.25, 0.3) is 16.1 Å². The van der Waals surface area contributed by atoms with Crippen LogP contribution in [0.2, 0.25) is 0 Å². The molecule has 0 unspecified atom stereocenters. The minimum absolute atomic E-state index is 0.762. The second-order valence-electron chi connectivity index (χ2n) is 7.40. The summed E-state index contributed by atoms with van der Waals surface area (Å²) in [7, 11) is 0. The van der Waals surface area contributed by atoms with E-state index in [0.29, 0.717) is 0 Å². The van der Waals surface area contributed by atoms with Crippen LogP contribution in [0.15, 0.2) is 36.0 Å². The van der Waals surface area contributed by atoms with Crippen molar-refractivity contribution in [3.8, 4) is 10.6 Å². The van der Waals surface area contributed by atoms with E-state index in [2.05, 4.69) is 33.4 Å². The highest BCUT2D eigenvalue weighted by molar-refractivity contribution is 7.13. The zero-order chi connectivity index (χ0) is 17.3. The smallest absolute Gasteiger partial charge is 0.154 e. The van der Waals surface area contributed by atoms with E-state index < -0.39 is 0 Å². The Morgan fingerprint density at radius 2 is 1.88 bits per heavy atom. The number of nitrogens with zero attached hydrogens (tertiary/aromatic N) is 5. The van der Waals surface area contributed by atoms with Crippen molar-refractivity contribution in [1.29, 1.82) is 0 Å². The molecule has 5 nitrogen and oxygen atoms in total. The van der Waals surface area contributed by atoms with Gasteiger partial charge in [-0.1, -0.05) is 12.5 Å². The molecule has 5 rings (SSSR count). The standard InChI is InChI=1S/C20H25N5S/c1-2-9-23(10-3-1)16-6-11-24(12-7-16)20-18-15-17(19-5-4-14-26-19)22-25(18)13-8-21-20/h4-5,8,13-16H,1-3,6-7,9-12H2. The van der Waals surface area contributed by atoms with Crippen LogP contribution in [0.3, 0.4) is 0 Å². The van der Waals surface area contributed by atoms with Gasteiger partial charge in [0.1, 0.15) is 11.2 Å². The highest BCUT2D eigenvalue weighted by Crippen LogP contribution is 2.30. The van der Waals surface area contributed by atoms with E-state index >= 15 is 0 Å². The lowest BCUT2D eigenvalue weighted by atomic mass is 10.00. The number of likely N-dealkylation sites (tertiary alicyclic amines) is 1. The second kappa shape index (κ2) is 7.00. The molecule has 136 valence electrons. The Bertz CT molecular complexity index is 858. The molecule has 3 aromatic rings. The lowest BCUT2D eigenvalue weighted by Crippen LogP contribution is -2.47. The van der Waals surface area contributed by atoms with E-state index in [1.807, 2.05) is 16.9 Å². The van der Waals surface area contributed by atoms with E-state index in [9.17, 15) is 0 Å². The highest BCUT2D eigenvalue weighted by Gasteiger charge is 2.27. The van der Waals surface area contributed by atoms with Gasteiger partial charge in [-0.25, -0.2) is 9.50 Å². The van der Waals surface area contributed by atoms with Crippen LogP contribution in [0.1, 0.15) is 32.1 Å². The molecule has 0 aliphatic carbocycles. The van der Waals surface area contributed by atoms with Crippen molar-refractivity contribution in [1.82, 2.24) is 19.5 Å². The van der Waals surface area contributed by atoms with Crippen molar-refractivity contribution in [2.24, 2.45) is 0 Å². The Morgan fingerprint density at radius 1 is 1.04 bits per heavy atom. The summed E-state index contributed by atoms with van der Waals surface area (Å²) in [5.41, 5.74) is 2.16. The molecule has 3 aromatic heterocycles. The lowest BCUT2D eigenvalue weighted by molar-refractivity contribution is 0.141. The Labute approximate surface area is 158 Å². The van der Waals surface area contributed by atoms with Gasteiger partial charge in [0.2, 0.25) is 0 Å². The predicted octanol–water partition coefficient (Wildman–Crippen LogP) is 3.91. The third-order valence-corrected chi connectivity index (χ3v) is 6.71. The molecule has 0 radical (unpaired) electrons. The van der Waals surface area contributed by atoms with E-state index in [-0.39, 0.29) is 0 Å². The van der Waals surface area contributed by atoms with Gasteiger partial charge in [-0.15, -0.1) is 11.3 Å². The van der Waals surface area contributed by atoms with Crippen molar-refractivity contribution in [2.45, 2.75) is 38.1 Å². The van der Waals surface area contributed by atoms with E-state index in [0.717, 1.165) is 36.2 Å². The van der Waals surface area contributed by atoms with Gasteiger partial charge >= 0.3 is 0 Å². The SMILES string of the molecule is c1csc(-c2cc3c(N4CCC(N5CCCCC5)CC4)nccn3n2)c1. The summed E-state index contributed by atoms with van der Waals surface area (Å²) in [6, 6.07) is 7.15. The maximum absolute atomic E-state index is 4.75. The molecule has 2 saturated heterocycles. The summed E-state index contributed by atoms with van der Waals surface area (Å²) in [5, 5.41) is 6.85. The molecule has 5 heterocycles. The Hall–Kier alpha value is -1.92. The summed E-state index contributed by atoms with van der Waals surface area (Å²) in [5.74, 6) is 1.08. The largest absolute Gasteiger partial charge is 0.355 e. The fraction of sp³-hybridized carbons (Fsp3) is 0.500. The Morgan fingerprint density at radius 3 is 2.65 bits per heavy atom. The molecule has 0 N–H and O–H groups in total. The normalized spacial score (nSPS) is 20.1. The van der Waals surface area contributed by atoms with E-state index in [4.69, 9.17) is 10.1 Å². The molecular weight excluding hydrogens is 342 g/mol. The maximum Gasteiger partial charge on any atom is 0.154 e. The molecule has 2 aliphatic rings. The first-order valence-electron chi connectivity index (χ1n) is 9.76. The molecule has 0 amide bonds. The molecule has 0 bridgehead atoms. The van der Waals surface area contributed by atoms with E-state index in [1.165, 1.54) is 50.1 Å². The summed E-state index contributed by atoms with van der Waals surface area (Å²) in [4.78, 5) is 11.1. The lowest BCUT2D eigenvalue weighted by Gasteiger charge is -2.40. The molecule has 2 aliphatic heterocycles. The predicted molar refractivity (Wildman–Crippen MR) is 107 cm³/mol. The van der Waals surface area contributed by atoms with Crippen LogP contribution in [0.5, 0.6) is 0 Å². The average molecular weight is 368 g/mol. The molecule has 0 aromatic carbocycles. The van der Waals surface area contributed by atoms with Crippen LogP contribution in [-0.4, -0.2) is 51.7 Å². The number of hydrogen-bond acceptors (Lipinski definition) is 5. The number of anilines is 1. The first-order valence-corrected chi connectivity index (χ1v) is 10.6. The quantitative estimate of drug-likeness (QED) is 0.703. The first-order chi connectivity index (χ1) is 12.9. The van der Waals surface area contributed by atoms with Crippen molar-refractivity contribution >= 4 is 22.7 Å². The molecule has 0 spiro atoms. The number of aromatic nitrogens is 3. The number of piperidine rings is 2. The molecule has 6 heteroatoms. The fourth-order valence-electron chi connectivity index (χ4n) is 4.42. The summed E-state index contributed by atoms with van der Waals surface area (Å²) in [6.45, 7) is 4.78. The fourth-order valence-corrected chi connectivity index (χ4v) is 5.10. The molecule has 26 heavy (non-hydrogen) atoms. The van der Waals surface area contributed by atoms with Gasteiger partial charge in [0.15, 0.2) is 5.82 Å². The minimum Gasteiger partial charge on any atom is -0.355 e. The maximum atomic E-state index is 4.75. The first kappa shape index (κ1) is 16.3. The number of rotatable bonds is 3. The van der Waals surface area contributed by atoms with Gasteiger partial charge < -0.3 is 9.80 Å². The van der Waals surface area contributed by atoms with Crippen LogP contribution in [0, 0.1) is 0 Å². The molecule has 0 saturated carbocycles. The number of thiophene rings is 1. The van der Waals surface area contributed by atoms with Gasteiger partial charge in [-0.05, 0) is 56.3 Å². The topological polar surface area (TPSA) is 36.7 Å². The van der Waals surface area contributed by atoms with Crippen molar-refractivity contribution in [3.63, 3.8) is 0 Å². The third-order valence-electron chi connectivity index (χ3n) is 5.81. The molecular formula is C20H25N5S. The van der Waals surface area contributed by atoms with E-state index in [1.54, 1.807) is 11.3 Å². The number of hydrogen-bond donors (Lipinski definition) is 0. The second-order valence-corrected chi connectivity index (χ2v) is 8.35. The van der Waals surface area contributed by atoms with Gasteiger partial charge in [0.25, 0.3) is 0 Å². The Kier molecular flexibility index (Phi) is 4.38. The monoisotopic (exact) mass is 367 g/mol. The van der Waals surface area contributed by atoms with Gasteiger partial charge in [-0.2, -0.15) is 5.10 Å². The van der Waals surface area contributed by atoms with Gasteiger partial charge in [0.05, 0.1) is 4.88 Å². The average Bonchev–Trinajstić information content (AvgIpc) is 3.38. The summed E-state index contributed by atoms with van der Waals surface area (Å²) in [6.07, 6.45) is 10.5.